The molecule has 0 heterocycles. The maximum atomic E-state index is 11.0. The van der Waals surface area contributed by atoms with Gasteiger partial charge in [-0.3, -0.25) is 0 Å². The van der Waals surface area contributed by atoms with Crippen LogP contribution < -0.4 is 54.3 Å². The van der Waals surface area contributed by atoms with E-state index in [1.807, 2.05) is 229 Å². The summed E-state index contributed by atoms with van der Waals surface area (Å²) in [5, 5.41) is 0. The Morgan fingerprint density at radius 2 is 0.190 bits per heavy atom. The fourth-order valence-corrected chi connectivity index (χ4v) is 14.1. The van der Waals surface area contributed by atoms with Gasteiger partial charge in [0.05, 0.1) is 0 Å². The SMILES string of the molecule is Cc1ccc(OP(=[OH+])(Oc2ccc(C)cc2)Oc2ccc(C)cc2)cc1.Cc1ccc(OP(=[OH+])(Oc2ccc(C)cc2)Oc2ccc(C)cc2)cc1.Cc1ccc(OP(=[OH+])(Oc2ccc(C)cc2)Oc2ccc(C)cc2)cc1.Cc1ccc(OP(=[OH+])(Oc2ccc(C)cc2)Oc2ccc(C)cc2)cc1.[Cu+2]. The minimum absolute atomic E-state index is 0. The first kappa shape index (κ1) is 80.4. The third-order valence-electron chi connectivity index (χ3n) is 14.9. The van der Waals surface area contributed by atoms with E-state index in [1.54, 1.807) is 146 Å². The molecule has 0 bridgehead atoms. The van der Waals surface area contributed by atoms with E-state index in [0.29, 0.717) is 69.0 Å². The standard InChI is InChI=1S/4C21H21O4P.Cu/c4*1-16-4-10-19(11-5-16)23-26(22,24-20-12-6-17(2)7-13-20)25-21-14-8-18(3)9-15-21;/h4*4-15H,1-3H3;/q;;;;+2/p+4. The van der Waals surface area contributed by atoms with E-state index in [2.05, 4.69) is 0 Å². The van der Waals surface area contributed by atoms with Crippen LogP contribution in [0.2, 0.25) is 0 Å². The van der Waals surface area contributed by atoms with Crippen LogP contribution in [0.25, 0.3) is 0 Å². The normalized spacial score (nSPS) is 10.9. The molecule has 12 rings (SSSR count). The molecule has 0 amide bonds. The zero-order valence-corrected chi connectivity index (χ0v) is 65.0. The summed E-state index contributed by atoms with van der Waals surface area (Å²) in [6.45, 7) is 23.8. The molecule has 0 aliphatic carbocycles. The van der Waals surface area contributed by atoms with Crippen LogP contribution in [0.1, 0.15) is 66.8 Å². The molecule has 0 spiro atoms. The van der Waals surface area contributed by atoms with Gasteiger partial charge < -0.3 is 54.3 Å². The van der Waals surface area contributed by atoms with Crippen molar-refractivity contribution >= 4 is 31.3 Å². The topological polar surface area (TPSA) is 196 Å². The van der Waals surface area contributed by atoms with Crippen molar-refractivity contribution in [1.29, 1.82) is 0 Å². The Balaban J connectivity index is 0.000000176. The van der Waals surface area contributed by atoms with Gasteiger partial charge in [-0.05, 0) is 229 Å². The molecule has 1 radical (unpaired) electrons. The Morgan fingerprint density at radius 1 is 0.133 bits per heavy atom. The molecule has 0 saturated heterocycles. The van der Waals surface area contributed by atoms with Crippen LogP contribution in [-0.2, 0) is 17.1 Å². The molecule has 21 heteroatoms. The third kappa shape index (κ3) is 27.3. The first-order valence-electron chi connectivity index (χ1n) is 33.3. The number of hydrogen-bond acceptors (Lipinski definition) is 12. The van der Waals surface area contributed by atoms with Crippen molar-refractivity contribution in [1.82, 2.24) is 0 Å². The predicted molar refractivity (Wildman–Crippen MR) is 417 cm³/mol. The van der Waals surface area contributed by atoms with E-state index in [-0.39, 0.29) is 17.1 Å². The molecule has 0 unspecified atom stereocenters. The molecule has 0 aliphatic rings. The van der Waals surface area contributed by atoms with Gasteiger partial charge in [-0.2, -0.15) is 0 Å². The van der Waals surface area contributed by atoms with Crippen molar-refractivity contribution in [2.24, 2.45) is 0 Å². The summed E-state index contributed by atoms with van der Waals surface area (Å²) in [4.78, 5) is 0. The molecule has 0 aliphatic heterocycles. The maximum absolute atomic E-state index is 11.0. The Bertz CT molecular complexity index is 3750. The number of benzene rings is 12. The molecule has 0 aromatic heterocycles. The molecule has 105 heavy (non-hydrogen) atoms. The molecule has 0 saturated carbocycles. The van der Waals surface area contributed by atoms with Gasteiger partial charge in [-0.25, -0.2) is 18.3 Å². The van der Waals surface area contributed by atoms with Crippen LogP contribution in [0.15, 0.2) is 291 Å². The summed E-state index contributed by atoms with van der Waals surface area (Å²) in [5.74, 6) is 5.73. The second kappa shape index (κ2) is 37.9. The van der Waals surface area contributed by atoms with Crippen LogP contribution in [0.3, 0.4) is 0 Å². The van der Waals surface area contributed by atoms with Gasteiger partial charge in [0, 0.05) is 0 Å². The summed E-state index contributed by atoms with van der Waals surface area (Å²) in [6, 6.07) is 88.2. The molecule has 4 N–H and O–H groups in total. The molecule has 0 atom stereocenters. The van der Waals surface area contributed by atoms with Crippen molar-refractivity contribution in [3.8, 4) is 69.0 Å². The Morgan fingerprint density at radius 3 is 0.248 bits per heavy atom. The van der Waals surface area contributed by atoms with Gasteiger partial charge in [-0.15, -0.1) is 0 Å². The van der Waals surface area contributed by atoms with Gasteiger partial charge >= 0.3 is 48.4 Å². The quantitative estimate of drug-likeness (QED) is 0.0316. The van der Waals surface area contributed by atoms with E-state index in [1.165, 1.54) is 0 Å². The molecule has 545 valence electrons. The third-order valence-corrected chi connectivity index (χ3v) is 20.2. The molecular weight excluding hydrogens is 1450 g/mol. The fraction of sp³-hybridized carbons (Fsp3) is 0.143. The molecule has 12 aromatic rings. The predicted octanol–water partition coefficient (Wildman–Crippen LogP) is 24.8. The van der Waals surface area contributed by atoms with Crippen molar-refractivity contribution in [2.75, 3.05) is 0 Å². The number of rotatable bonds is 24. The van der Waals surface area contributed by atoms with Crippen LogP contribution >= 0.6 is 31.3 Å². The van der Waals surface area contributed by atoms with Crippen LogP contribution in [0, 0.1) is 83.1 Å². The average molecular weight is 1540 g/mol. The summed E-state index contributed by atoms with van der Waals surface area (Å²) in [6.07, 6.45) is 0. The van der Waals surface area contributed by atoms with E-state index in [4.69, 9.17) is 54.3 Å². The van der Waals surface area contributed by atoms with Gasteiger partial charge in [0.25, 0.3) is 0 Å². The van der Waals surface area contributed by atoms with Gasteiger partial charge in [0.2, 0.25) is 0 Å². The first-order chi connectivity index (χ1) is 49.7. The average Bonchev–Trinajstić information content (AvgIpc) is 0.843. The summed E-state index contributed by atoms with van der Waals surface area (Å²) in [5.41, 5.74) is 13.1. The minimum Gasteiger partial charge on any atom is -0.344 e. The van der Waals surface area contributed by atoms with Crippen LogP contribution in [0.4, 0.5) is 0 Å². The van der Waals surface area contributed by atoms with Crippen LogP contribution in [0.5, 0.6) is 69.0 Å². The second-order valence-electron chi connectivity index (χ2n) is 24.7. The number of hydrogen-bond donors (Lipinski definition) is 0. The largest absolute Gasteiger partial charge is 2.00 e. The molecule has 12 aromatic carbocycles. The zero-order chi connectivity index (χ0) is 74.3. The summed E-state index contributed by atoms with van der Waals surface area (Å²) in [7, 11) is -14.7. The zero-order valence-electron chi connectivity index (χ0n) is 60.5. The monoisotopic (exact) mass is 1540 g/mol. The first-order valence-corrected chi connectivity index (χ1v) is 39.3. The maximum Gasteiger partial charge on any atom is 2.00 e. The minimum atomic E-state index is -3.68. The van der Waals surface area contributed by atoms with Crippen molar-refractivity contribution in [2.45, 2.75) is 83.1 Å². The van der Waals surface area contributed by atoms with Gasteiger partial charge in [-0.1, -0.05) is 212 Å². The molecular formula is C84H88CuO16P4+6. The molecule has 16 nitrogen and oxygen atoms in total. The van der Waals surface area contributed by atoms with Crippen LogP contribution in [-0.4, -0.2) is 18.3 Å². The number of aryl methyl sites for hydroxylation is 12. The Hall–Kier alpha value is -10.3. The van der Waals surface area contributed by atoms with Crippen molar-refractivity contribution < 1.29 is 89.6 Å². The van der Waals surface area contributed by atoms with E-state index in [0.717, 1.165) is 66.8 Å². The molecule has 0 fully saturated rings. The summed E-state index contributed by atoms with van der Waals surface area (Å²) >= 11 is 0. The second-order valence-corrected chi connectivity index (χ2v) is 30.7. The Labute approximate surface area is 627 Å². The Kier molecular flexibility index (Phi) is 29.0. The van der Waals surface area contributed by atoms with Crippen molar-refractivity contribution in [3.05, 3.63) is 358 Å². The van der Waals surface area contributed by atoms with Crippen molar-refractivity contribution in [3.63, 3.8) is 0 Å². The fourth-order valence-electron chi connectivity index (χ4n) is 9.01. The summed E-state index contributed by atoms with van der Waals surface area (Å²) < 4.78 is 113. The van der Waals surface area contributed by atoms with E-state index in [9.17, 15) is 18.3 Å². The van der Waals surface area contributed by atoms with Gasteiger partial charge in [0.15, 0.2) is 0 Å². The van der Waals surface area contributed by atoms with Gasteiger partial charge in [0.1, 0.15) is 69.0 Å². The van der Waals surface area contributed by atoms with E-state index < -0.39 is 31.3 Å². The smallest absolute Gasteiger partial charge is 0.344 e. The van der Waals surface area contributed by atoms with E-state index >= 15 is 0 Å².